The fourth-order valence-electron chi connectivity index (χ4n) is 3.68. The van der Waals surface area contributed by atoms with Crippen LogP contribution in [0.4, 0.5) is 4.39 Å². The fraction of sp³-hybridized carbons (Fsp3) is 0.409. The van der Waals surface area contributed by atoms with Gasteiger partial charge in [0.05, 0.1) is 12.9 Å². The highest BCUT2D eigenvalue weighted by Gasteiger charge is 2.32. The summed E-state index contributed by atoms with van der Waals surface area (Å²) in [7, 11) is -0.264. The Morgan fingerprint density at radius 3 is 2.37 bits per heavy atom. The van der Waals surface area contributed by atoms with Crippen LogP contribution in [0.2, 0.25) is 0 Å². The molecule has 1 heterocycles. The highest BCUT2D eigenvalue weighted by Crippen LogP contribution is 2.24. The van der Waals surface area contributed by atoms with Crippen LogP contribution in [0, 0.1) is 11.7 Å². The lowest BCUT2D eigenvalue weighted by Crippen LogP contribution is -2.43. The molecule has 1 aliphatic heterocycles. The van der Waals surface area contributed by atoms with E-state index in [0.717, 1.165) is 11.3 Å². The van der Waals surface area contributed by atoms with Crippen LogP contribution in [-0.2, 0) is 27.1 Å². The summed E-state index contributed by atoms with van der Waals surface area (Å²) < 4.78 is 45.7. The smallest absolute Gasteiger partial charge is 0.225 e. The molecule has 0 N–H and O–H groups in total. The topological polar surface area (TPSA) is 66.9 Å². The number of benzene rings is 2. The largest absolute Gasteiger partial charge is 0.497 e. The van der Waals surface area contributed by atoms with Gasteiger partial charge in [-0.05, 0) is 36.6 Å². The molecule has 8 heteroatoms. The summed E-state index contributed by atoms with van der Waals surface area (Å²) in [5.41, 5.74) is 1.16. The van der Waals surface area contributed by atoms with Crippen molar-refractivity contribution in [3.63, 3.8) is 0 Å². The molecule has 2 aromatic rings. The van der Waals surface area contributed by atoms with Crippen molar-refractivity contribution in [2.45, 2.75) is 25.1 Å². The first-order valence-corrected chi connectivity index (χ1v) is 11.5. The minimum atomic E-state index is -3.63. The summed E-state index contributed by atoms with van der Waals surface area (Å²) in [6.45, 7) is 1.02. The summed E-state index contributed by atoms with van der Waals surface area (Å²) in [5.74, 6) is -0.330. The number of amides is 1. The van der Waals surface area contributed by atoms with Crippen LogP contribution in [-0.4, -0.2) is 50.8 Å². The number of hydrogen-bond donors (Lipinski definition) is 0. The zero-order chi connectivity index (χ0) is 21.7. The number of hydrogen-bond acceptors (Lipinski definition) is 4. The van der Waals surface area contributed by atoms with E-state index in [0.29, 0.717) is 19.4 Å². The number of carbonyl (C=O) groups excluding carboxylic acids is 1. The Morgan fingerprint density at radius 1 is 1.13 bits per heavy atom. The van der Waals surface area contributed by atoms with Crippen LogP contribution in [0.15, 0.2) is 48.5 Å². The predicted octanol–water partition coefficient (Wildman–Crippen LogP) is 3.03. The second kappa shape index (κ2) is 9.57. The number of halogens is 1. The van der Waals surface area contributed by atoms with Crippen molar-refractivity contribution in [1.29, 1.82) is 0 Å². The van der Waals surface area contributed by atoms with Crippen LogP contribution in [0.3, 0.4) is 0 Å². The van der Waals surface area contributed by atoms with Gasteiger partial charge in [0, 0.05) is 38.2 Å². The van der Waals surface area contributed by atoms with E-state index >= 15 is 0 Å². The van der Waals surface area contributed by atoms with Crippen molar-refractivity contribution < 1.29 is 22.3 Å². The second-order valence-corrected chi connectivity index (χ2v) is 9.53. The van der Waals surface area contributed by atoms with Gasteiger partial charge in [-0.2, -0.15) is 0 Å². The van der Waals surface area contributed by atoms with E-state index in [1.807, 2.05) is 24.3 Å². The second-order valence-electron chi connectivity index (χ2n) is 7.56. The van der Waals surface area contributed by atoms with Crippen LogP contribution >= 0.6 is 0 Å². The fourth-order valence-corrected chi connectivity index (χ4v) is 5.26. The number of rotatable bonds is 7. The van der Waals surface area contributed by atoms with Gasteiger partial charge >= 0.3 is 0 Å². The molecule has 2 aromatic carbocycles. The number of methoxy groups -OCH3 is 1. The zero-order valence-electron chi connectivity index (χ0n) is 17.3. The third-order valence-corrected chi connectivity index (χ3v) is 7.28. The van der Waals surface area contributed by atoms with E-state index in [4.69, 9.17) is 4.74 Å². The van der Waals surface area contributed by atoms with Crippen LogP contribution in [0.1, 0.15) is 24.0 Å². The molecule has 3 rings (SSSR count). The molecule has 0 unspecified atom stereocenters. The van der Waals surface area contributed by atoms with Gasteiger partial charge in [0.1, 0.15) is 11.6 Å². The number of piperidine rings is 1. The standard InChI is InChI=1S/C22H27FN2O4S/c1-24(15-17-7-9-20(29-2)10-8-17)22(26)18-11-13-25(14-12-18)30(27,28)16-19-5-3-4-6-21(19)23/h3-10,18H,11-16H2,1-2H3. The van der Waals surface area contributed by atoms with E-state index < -0.39 is 15.8 Å². The van der Waals surface area contributed by atoms with E-state index in [1.165, 1.54) is 22.5 Å². The lowest BCUT2D eigenvalue weighted by atomic mass is 9.96. The zero-order valence-corrected chi connectivity index (χ0v) is 18.1. The first-order valence-electron chi connectivity index (χ1n) is 9.89. The Balaban J connectivity index is 1.54. The van der Waals surface area contributed by atoms with E-state index in [2.05, 4.69) is 0 Å². The van der Waals surface area contributed by atoms with Crippen molar-refractivity contribution in [2.24, 2.45) is 5.92 Å². The van der Waals surface area contributed by atoms with Gasteiger partial charge in [-0.15, -0.1) is 0 Å². The minimum absolute atomic E-state index is 0.0111. The molecule has 30 heavy (non-hydrogen) atoms. The number of sulfonamides is 1. The molecule has 6 nitrogen and oxygen atoms in total. The maximum absolute atomic E-state index is 13.8. The quantitative estimate of drug-likeness (QED) is 0.672. The minimum Gasteiger partial charge on any atom is -0.497 e. The monoisotopic (exact) mass is 434 g/mol. The van der Waals surface area contributed by atoms with Crippen LogP contribution in [0.5, 0.6) is 5.75 Å². The van der Waals surface area contributed by atoms with Crippen molar-refractivity contribution in [3.8, 4) is 5.75 Å². The first-order chi connectivity index (χ1) is 14.3. The molecule has 1 fully saturated rings. The summed E-state index contributed by atoms with van der Waals surface area (Å²) >= 11 is 0. The average Bonchev–Trinajstić information content (AvgIpc) is 2.75. The highest BCUT2D eigenvalue weighted by molar-refractivity contribution is 7.88. The lowest BCUT2D eigenvalue weighted by Gasteiger charge is -2.32. The first kappa shape index (κ1) is 22.2. The molecule has 0 aromatic heterocycles. The Labute approximate surface area is 177 Å². The average molecular weight is 435 g/mol. The normalized spacial score (nSPS) is 15.7. The Bertz CT molecular complexity index is 971. The number of carbonyl (C=O) groups is 1. The Hall–Kier alpha value is -2.45. The predicted molar refractivity (Wildman–Crippen MR) is 113 cm³/mol. The third-order valence-electron chi connectivity index (χ3n) is 5.45. The van der Waals surface area contributed by atoms with Crippen molar-refractivity contribution in [3.05, 3.63) is 65.5 Å². The Kier molecular flexibility index (Phi) is 7.10. The Morgan fingerprint density at radius 2 is 1.77 bits per heavy atom. The van der Waals surface area contributed by atoms with Gasteiger partial charge in [0.2, 0.25) is 15.9 Å². The summed E-state index contributed by atoms with van der Waals surface area (Å²) in [6, 6.07) is 13.4. The SMILES string of the molecule is COc1ccc(CN(C)C(=O)C2CCN(S(=O)(=O)Cc3ccccc3F)CC2)cc1. The maximum Gasteiger partial charge on any atom is 0.225 e. The number of nitrogens with zero attached hydrogens (tertiary/aromatic N) is 2. The van der Waals surface area contributed by atoms with Gasteiger partial charge in [-0.25, -0.2) is 17.1 Å². The highest BCUT2D eigenvalue weighted by atomic mass is 32.2. The molecule has 1 aliphatic rings. The molecular formula is C22H27FN2O4S. The summed E-state index contributed by atoms with van der Waals surface area (Å²) in [6.07, 6.45) is 0.921. The number of ether oxygens (including phenoxy) is 1. The van der Waals surface area contributed by atoms with Gasteiger partial charge in [0.25, 0.3) is 0 Å². The summed E-state index contributed by atoms with van der Waals surface area (Å²) in [4.78, 5) is 14.5. The lowest BCUT2D eigenvalue weighted by molar-refractivity contribution is -0.135. The molecule has 1 saturated heterocycles. The molecule has 0 radical (unpaired) electrons. The molecule has 0 spiro atoms. The molecule has 0 saturated carbocycles. The molecular weight excluding hydrogens is 407 g/mol. The molecule has 1 amide bonds. The van der Waals surface area contributed by atoms with Crippen molar-refractivity contribution >= 4 is 15.9 Å². The van der Waals surface area contributed by atoms with Gasteiger partial charge in [-0.1, -0.05) is 30.3 Å². The van der Waals surface area contributed by atoms with E-state index in [9.17, 15) is 17.6 Å². The van der Waals surface area contributed by atoms with E-state index in [1.54, 1.807) is 25.1 Å². The van der Waals surface area contributed by atoms with E-state index in [-0.39, 0.29) is 36.2 Å². The molecule has 162 valence electrons. The van der Waals surface area contributed by atoms with Gasteiger partial charge < -0.3 is 9.64 Å². The van der Waals surface area contributed by atoms with Gasteiger partial charge in [0.15, 0.2) is 0 Å². The van der Waals surface area contributed by atoms with Crippen molar-refractivity contribution in [1.82, 2.24) is 9.21 Å². The molecule has 0 aliphatic carbocycles. The third kappa shape index (κ3) is 5.37. The molecule has 0 bridgehead atoms. The van der Waals surface area contributed by atoms with Crippen LogP contribution < -0.4 is 4.74 Å². The summed E-state index contributed by atoms with van der Waals surface area (Å²) in [5, 5.41) is 0. The van der Waals surface area contributed by atoms with Gasteiger partial charge in [-0.3, -0.25) is 4.79 Å². The maximum atomic E-state index is 13.8. The van der Waals surface area contributed by atoms with Crippen LogP contribution in [0.25, 0.3) is 0 Å². The van der Waals surface area contributed by atoms with Crippen molar-refractivity contribution in [2.75, 3.05) is 27.2 Å². The molecule has 0 atom stereocenters.